The number of hydrogen-bond donors (Lipinski definition) is 3. The summed E-state index contributed by atoms with van der Waals surface area (Å²) in [4.78, 5) is 23.3. The highest BCUT2D eigenvalue weighted by atomic mass is 16.6. The van der Waals surface area contributed by atoms with Crippen molar-refractivity contribution >= 4 is 12.0 Å². The highest BCUT2D eigenvalue weighted by Crippen LogP contribution is 2.13. The van der Waals surface area contributed by atoms with Gasteiger partial charge in [-0.25, -0.2) is 4.79 Å². The average molecular weight is 405 g/mol. The number of nitrogens with one attached hydrogen (secondary N) is 1. The van der Waals surface area contributed by atoms with E-state index in [0.717, 1.165) is 11.1 Å². The molecule has 0 spiro atoms. The first-order chi connectivity index (χ1) is 13.6. The summed E-state index contributed by atoms with van der Waals surface area (Å²) in [5.41, 5.74) is 6.44. The molecule has 0 aliphatic heterocycles. The zero-order valence-corrected chi connectivity index (χ0v) is 17.7. The van der Waals surface area contributed by atoms with Crippen LogP contribution in [0.2, 0.25) is 0 Å². The van der Waals surface area contributed by atoms with E-state index in [1.807, 2.05) is 31.2 Å². The third kappa shape index (κ3) is 11.1. The first-order valence-corrected chi connectivity index (χ1v) is 9.69. The maximum Gasteiger partial charge on any atom is 0.407 e. The second kappa shape index (κ2) is 12.1. The summed E-state index contributed by atoms with van der Waals surface area (Å²) in [7, 11) is 0. The van der Waals surface area contributed by atoms with Crippen LogP contribution >= 0.6 is 0 Å². The SMILES string of the molecule is C[C@@H](OCc1ccc(C#CCCO)cc1)[C@H](CCC(N)=O)NC(=O)OC(C)(C)C. The zero-order valence-electron chi connectivity index (χ0n) is 17.7. The van der Waals surface area contributed by atoms with Gasteiger partial charge in [-0.2, -0.15) is 0 Å². The largest absolute Gasteiger partial charge is 0.444 e. The van der Waals surface area contributed by atoms with Crippen molar-refractivity contribution in [2.75, 3.05) is 6.61 Å². The molecule has 7 heteroatoms. The van der Waals surface area contributed by atoms with Gasteiger partial charge in [0, 0.05) is 18.4 Å². The standard InChI is InChI=1S/C22H32N2O5/c1-16(19(12-13-20(23)26)24-21(27)29-22(2,3)4)28-15-18-10-8-17(9-11-18)7-5-6-14-25/h8-11,16,19,25H,6,12-15H2,1-4H3,(H2,23,26)(H,24,27)/t16-,19+/m1/s1. The fourth-order valence-electron chi connectivity index (χ4n) is 2.43. The lowest BCUT2D eigenvalue weighted by Gasteiger charge is -2.27. The highest BCUT2D eigenvalue weighted by molar-refractivity contribution is 5.74. The Morgan fingerprint density at radius 1 is 1.24 bits per heavy atom. The van der Waals surface area contributed by atoms with Crippen molar-refractivity contribution in [3.63, 3.8) is 0 Å². The van der Waals surface area contributed by atoms with E-state index in [4.69, 9.17) is 20.3 Å². The Bertz CT molecular complexity index is 713. The fourth-order valence-corrected chi connectivity index (χ4v) is 2.43. The molecule has 2 amide bonds. The van der Waals surface area contributed by atoms with Crippen molar-refractivity contribution in [3.05, 3.63) is 35.4 Å². The minimum atomic E-state index is -0.621. The molecule has 0 aromatic heterocycles. The lowest BCUT2D eigenvalue weighted by Crippen LogP contribution is -2.45. The maximum absolute atomic E-state index is 12.1. The minimum Gasteiger partial charge on any atom is -0.444 e. The van der Waals surface area contributed by atoms with Crippen LogP contribution in [0.25, 0.3) is 0 Å². The Morgan fingerprint density at radius 2 is 1.90 bits per heavy atom. The molecule has 0 saturated carbocycles. The van der Waals surface area contributed by atoms with Crippen molar-refractivity contribution in [1.82, 2.24) is 5.32 Å². The van der Waals surface area contributed by atoms with Crippen LogP contribution in [0.5, 0.6) is 0 Å². The van der Waals surface area contributed by atoms with Crippen LogP contribution in [0.3, 0.4) is 0 Å². The molecule has 0 unspecified atom stereocenters. The molecule has 160 valence electrons. The summed E-state index contributed by atoms with van der Waals surface area (Å²) in [5, 5.41) is 11.5. The number of aliphatic hydroxyl groups excluding tert-OH is 1. The van der Waals surface area contributed by atoms with E-state index in [1.54, 1.807) is 20.8 Å². The molecular formula is C22H32N2O5. The summed E-state index contributed by atoms with van der Waals surface area (Å²) in [6.07, 6.45) is 0.0173. The van der Waals surface area contributed by atoms with Crippen molar-refractivity contribution < 1.29 is 24.2 Å². The van der Waals surface area contributed by atoms with Gasteiger partial charge in [0.25, 0.3) is 0 Å². The monoisotopic (exact) mass is 404 g/mol. The predicted molar refractivity (Wildman–Crippen MR) is 111 cm³/mol. The van der Waals surface area contributed by atoms with Gasteiger partial charge in [0.2, 0.25) is 5.91 Å². The number of ether oxygens (including phenoxy) is 2. The summed E-state index contributed by atoms with van der Waals surface area (Å²) in [5.74, 6) is 5.40. The van der Waals surface area contributed by atoms with Crippen LogP contribution < -0.4 is 11.1 Å². The average Bonchev–Trinajstić information content (AvgIpc) is 2.62. The van der Waals surface area contributed by atoms with E-state index < -0.39 is 23.6 Å². The molecule has 0 aliphatic carbocycles. The lowest BCUT2D eigenvalue weighted by molar-refractivity contribution is -0.118. The summed E-state index contributed by atoms with van der Waals surface area (Å²) in [6, 6.07) is 7.18. The molecule has 4 N–H and O–H groups in total. The van der Waals surface area contributed by atoms with E-state index in [1.165, 1.54) is 0 Å². The van der Waals surface area contributed by atoms with Crippen molar-refractivity contribution in [2.24, 2.45) is 5.73 Å². The van der Waals surface area contributed by atoms with E-state index in [9.17, 15) is 9.59 Å². The molecular weight excluding hydrogens is 372 g/mol. The number of amides is 2. The minimum absolute atomic E-state index is 0.0467. The topological polar surface area (TPSA) is 111 Å². The Labute approximate surface area is 173 Å². The number of benzene rings is 1. The quantitative estimate of drug-likeness (QED) is 0.548. The highest BCUT2D eigenvalue weighted by Gasteiger charge is 2.24. The number of primary amides is 1. The first-order valence-electron chi connectivity index (χ1n) is 9.69. The maximum atomic E-state index is 12.1. The summed E-state index contributed by atoms with van der Waals surface area (Å²) < 4.78 is 11.2. The Hall–Kier alpha value is -2.56. The number of rotatable bonds is 9. The van der Waals surface area contributed by atoms with E-state index in [-0.39, 0.29) is 19.1 Å². The molecule has 1 aromatic carbocycles. The predicted octanol–water partition coefficient (Wildman–Crippen LogP) is 2.48. The van der Waals surface area contributed by atoms with E-state index >= 15 is 0 Å². The van der Waals surface area contributed by atoms with Gasteiger partial charge in [-0.3, -0.25) is 4.79 Å². The van der Waals surface area contributed by atoms with Gasteiger partial charge >= 0.3 is 6.09 Å². The Balaban J connectivity index is 2.66. The molecule has 29 heavy (non-hydrogen) atoms. The van der Waals surface area contributed by atoms with Crippen LogP contribution in [-0.4, -0.2) is 41.5 Å². The molecule has 0 heterocycles. The summed E-state index contributed by atoms with van der Waals surface area (Å²) in [6.45, 7) is 7.56. The molecule has 0 aliphatic rings. The van der Waals surface area contributed by atoms with Gasteiger partial charge in [0.1, 0.15) is 5.60 Å². The molecule has 1 rings (SSSR count). The van der Waals surface area contributed by atoms with Gasteiger partial charge in [-0.05, 0) is 51.8 Å². The first kappa shape index (κ1) is 24.5. The van der Waals surface area contributed by atoms with Crippen LogP contribution in [0, 0.1) is 11.8 Å². The van der Waals surface area contributed by atoms with Crippen LogP contribution in [0.4, 0.5) is 4.79 Å². The smallest absolute Gasteiger partial charge is 0.407 e. The zero-order chi connectivity index (χ0) is 21.9. The third-order valence-electron chi connectivity index (χ3n) is 3.91. The fraction of sp³-hybridized carbons (Fsp3) is 0.545. The molecule has 0 fully saturated rings. The van der Waals surface area contributed by atoms with Crippen LogP contribution in [-0.2, 0) is 20.9 Å². The van der Waals surface area contributed by atoms with Gasteiger partial charge < -0.3 is 25.6 Å². The molecule has 2 atom stereocenters. The molecule has 1 aromatic rings. The molecule has 0 saturated heterocycles. The number of carbonyl (C=O) groups is 2. The molecule has 0 radical (unpaired) electrons. The van der Waals surface area contributed by atoms with Gasteiger partial charge in [-0.1, -0.05) is 24.0 Å². The lowest BCUT2D eigenvalue weighted by atomic mass is 10.1. The van der Waals surface area contributed by atoms with Gasteiger partial charge in [-0.15, -0.1) is 0 Å². The number of hydrogen-bond acceptors (Lipinski definition) is 5. The second-order valence-corrected chi connectivity index (χ2v) is 7.75. The van der Waals surface area contributed by atoms with Crippen molar-refractivity contribution in [1.29, 1.82) is 0 Å². The summed E-state index contributed by atoms with van der Waals surface area (Å²) >= 11 is 0. The Morgan fingerprint density at radius 3 is 2.45 bits per heavy atom. The van der Waals surface area contributed by atoms with Gasteiger partial charge in [0.05, 0.1) is 25.4 Å². The Kier molecular flexibility index (Phi) is 10.2. The second-order valence-electron chi connectivity index (χ2n) is 7.75. The molecule has 0 bridgehead atoms. The van der Waals surface area contributed by atoms with Crippen LogP contribution in [0.1, 0.15) is 58.1 Å². The number of aliphatic hydroxyl groups is 1. The van der Waals surface area contributed by atoms with Gasteiger partial charge in [0.15, 0.2) is 0 Å². The number of nitrogens with two attached hydrogens (primary N) is 1. The van der Waals surface area contributed by atoms with E-state index in [2.05, 4.69) is 17.2 Å². The van der Waals surface area contributed by atoms with Crippen LogP contribution in [0.15, 0.2) is 24.3 Å². The van der Waals surface area contributed by atoms with E-state index in [0.29, 0.717) is 19.4 Å². The third-order valence-corrected chi connectivity index (χ3v) is 3.91. The molecule has 7 nitrogen and oxygen atoms in total. The normalized spacial score (nSPS) is 13.0. The number of alkyl carbamates (subject to hydrolysis) is 1. The van der Waals surface area contributed by atoms with Crippen molar-refractivity contribution in [3.8, 4) is 11.8 Å². The van der Waals surface area contributed by atoms with Crippen molar-refractivity contribution in [2.45, 2.75) is 71.3 Å². The number of carbonyl (C=O) groups excluding carboxylic acids is 2.